The summed E-state index contributed by atoms with van der Waals surface area (Å²) in [5.41, 5.74) is 1.85. The van der Waals surface area contributed by atoms with Gasteiger partial charge in [-0.25, -0.2) is 0 Å². The highest BCUT2D eigenvalue weighted by atomic mass is 16.6. The molecule has 0 spiro atoms. The minimum Gasteiger partial charge on any atom is -0.350 e. The predicted octanol–water partition coefficient (Wildman–Crippen LogP) is 1.99. The van der Waals surface area contributed by atoms with E-state index in [0.717, 1.165) is 11.8 Å². The van der Waals surface area contributed by atoms with Crippen molar-refractivity contribution in [3.05, 3.63) is 79.4 Å². The smallest absolute Gasteiger partial charge is 0.312 e. The standard InChI is InChI=1S/C18H19N7O5/c1-12-17(25(29)30)13(2)23(21-12)10-14-4-3-5-15(8-14)18(26)19-6-7-22-11-16(9-20-22)24(27)28/h3-5,8-9,11H,6-7,10H2,1-2H3,(H,19,26). The van der Waals surface area contributed by atoms with Crippen molar-refractivity contribution >= 4 is 17.3 Å². The van der Waals surface area contributed by atoms with Crippen LogP contribution in [0.25, 0.3) is 0 Å². The first-order valence-corrected chi connectivity index (χ1v) is 8.98. The van der Waals surface area contributed by atoms with Gasteiger partial charge < -0.3 is 5.32 Å². The van der Waals surface area contributed by atoms with E-state index in [0.29, 0.717) is 23.5 Å². The van der Waals surface area contributed by atoms with E-state index in [2.05, 4.69) is 15.5 Å². The third kappa shape index (κ3) is 4.48. The Hall–Kier alpha value is -4.09. The summed E-state index contributed by atoms with van der Waals surface area (Å²) in [6.45, 7) is 4.03. The Labute approximate surface area is 170 Å². The molecule has 1 N–H and O–H groups in total. The number of nitrogens with zero attached hydrogens (tertiary/aromatic N) is 6. The molecule has 2 heterocycles. The van der Waals surface area contributed by atoms with Crippen molar-refractivity contribution in [1.29, 1.82) is 0 Å². The molecular weight excluding hydrogens is 394 g/mol. The highest BCUT2D eigenvalue weighted by Gasteiger charge is 2.21. The molecule has 0 aliphatic rings. The second-order valence-electron chi connectivity index (χ2n) is 6.61. The molecule has 0 atom stereocenters. The predicted molar refractivity (Wildman–Crippen MR) is 105 cm³/mol. The quantitative estimate of drug-likeness (QED) is 0.438. The van der Waals surface area contributed by atoms with Gasteiger partial charge in [0, 0.05) is 12.1 Å². The topological polar surface area (TPSA) is 151 Å². The molecule has 3 aromatic rings. The summed E-state index contributed by atoms with van der Waals surface area (Å²) in [5.74, 6) is -0.308. The Kier molecular flexibility index (Phi) is 5.85. The maximum Gasteiger partial charge on any atom is 0.312 e. The molecule has 0 aliphatic carbocycles. The van der Waals surface area contributed by atoms with Crippen LogP contribution in [0, 0.1) is 34.1 Å². The van der Waals surface area contributed by atoms with E-state index in [-0.39, 0.29) is 30.4 Å². The van der Waals surface area contributed by atoms with Crippen LogP contribution in [0.15, 0.2) is 36.7 Å². The zero-order chi connectivity index (χ0) is 21.8. The van der Waals surface area contributed by atoms with Gasteiger partial charge >= 0.3 is 11.4 Å². The summed E-state index contributed by atoms with van der Waals surface area (Å²) < 4.78 is 2.92. The van der Waals surface area contributed by atoms with Gasteiger partial charge in [0.15, 0.2) is 0 Å². The summed E-state index contributed by atoms with van der Waals surface area (Å²) in [7, 11) is 0. The minimum atomic E-state index is -0.537. The highest BCUT2D eigenvalue weighted by molar-refractivity contribution is 5.94. The SMILES string of the molecule is Cc1nn(Cc2cccc(C(=O)NCCn3cc([N+](=O)[O-])cn3)c2)c(C)c1[N+](=O)[O-]. The molecular formula is C18H19N7O5. The summed E-state index contributed by atoms with van der Waals surface area (Å²) in [6.07, 6.45) is 2.44. The van der Waals surface area contributed by atoms with E-state index in [1.807, 2.05) is 6.07 Å². The molecule has 0 unspecified atom stereocenters. The number of aryl methyl sites for hydroxylation is 1. The number of hydrogen-bond acceptors (Lipinski definition) is 7. The summed E-state index contributed by atoms with van der Waals surface area (Å²) in [4.78, 5) is 33.2. The van der Waals surface area contributed by atoms with Crippen LogP contribution in [0.3, 0.4) is 0 Å². The fraction of sp³-hybridized carbons (Fsp3) is 0.278. The zero-order valence-electron chi connectivity index (χ0n) is 16.3. The van der Waals surface area contributed by atoms with Crippen molar-refractivity contribution in [2.45, 2.75) is 26.9 Å². The first kappa shape index (κ1) is 20.6. The molecule has 0 saturated carbocycles. The fourth-order valence-corrected chi connectivity index (χ4v) is 3.04. The maximum absolute atomic E-state index is 12.4. The Morgan fingerprint density at radius 2 is 1.97 bits per heavy atom. The lowest BCUT2D eigenvalue weighted by atomic mass is 10.1. The van der Waals surface area contributed by atoms with E-state index < -0.39 is 9.85 Å². The van der Waals surface area contributed by atoms with Crippen molar-refractivity contribution < 1.29 is 14.6 Å². The average Bonchev–Trinajstić information content (AvgIpc) is 3.26. The van der Waals surface area contributed by atoms with Crippen LogP contribution in [-0.2, 0) is 13.1 Å². The molecule has 0 aliphatic heterocycles. The van der Waals surface area contributed by atoms with E-state index in [4.69, 9.17) is 0 Å². The number of benzene rings is 1. The van der Waals surface area contributed by atoms with Gasteiger partial charge in [-0.05, 0) is 31.5 Å². The number of hydrogen-bond donors (Lipinski definition) is 1. The molecule has 0 fully saturated rings. The Balaban J connectivity index is 1.63. The van der Waals surface area contributed by atoms with E-state index in [1.165, 1.54) is 15.6 Å². The molecule has 30 heavy (non-hydrogen) atoms. The lowest BCUT2D eigenvalue weighted by molar-refractivity contribution is -0.386. The molecule has 0 bridgehead atoms. The fourth-order valence-electron chi connectivity index (χ4n) is 3.04. The number of nitrogens with one attached hydrogen (secondary N) is 1. The molecule has 156 valence electrons. The maximum atomic E-state index is 12.4. The minimum absolute atomic E-state index is 0.0113. The van der Waals surface area contributed by atoms with Gasteiger partial charge in [-0.3, -0.25) is 34.4 Å². The van der Waals surface area contributed by atoms with Gasteiger partial charge in [0.25, 0.3) is 5.91 Å². The van der Waals surface area contributed by atoms with Gasteiger partial charge in [-0.15, -0.1) is 0 Å². The molecule has 3 rings (SSSR count). The molecule has 2 aromatic heterocycles. The molecule has 0 radical (unpaired) electrons. The summed E-state index contributed by atoms with van der Waals surface area (Å²) in [6, 6.07) is 6.88. The number of rotatable bonds is 8. The van der Waals surface area contributed by atoms with Crippen molar-refractivity contribution in [1.82, 2.24) is 24.9 Å². The van der Waals surface area contributed by atoms with Gasteiger partial charge in [-0.2, -0.15) is 10.2 Å². The monoisotopic (exact) mass is 413 g/mol. The molecule has 0 saturated heterocycles. The number of carbonyl (C=O) groups excluding carboxylic acids is 1. The van der Waals surface area contributed by atoms with Crippen LogP contribution in [0.1, 0.15) is 27.3 Å². The lowest BCUT2D eigenvalue weighted by Gasteiger charge is -2.08. The van der Waals surface area contributed by atoms with Crippen LogP contribution < -0.4 is 5.32 Å². The first-order valence-electron chi connectivity index (χ1n) is 8.98. The Morgan fingerprint density at radius 1 is 1.20 bits per heavy atom. The first-order chi connectivity index (χ1) is 14.3. The van der Waals surface area contributed by atoms with Crippen molar-refractivity contribution in [2.75, 3.05) is 6.54 Å². The number of carbonyl (C=O) groups is 1. The third-order valence-electron chi connectivity index (χ3n) is 4.50. The van der Waals surface area contributed by atoms with E-state index >= 15 is 0 Å². The van der Waals surface area contributed by atoms with Crippen molar-refractivity contribution in [3.63, 3.8) is 0 Å². The van der Waals surface area contributed by atoms with Gasteiger partial charge in [-0.1, -0.05) is 12.1 Å². The van der Waals surface area contributed by atoms with Crippen LogP contribution in [0.5, 0.6) is 0 Å². The summed E-state index contributed by atoms with van der Waals surface area (Å²) >= 11 is 0. The van der Waals surface area contributed by atoms with Crippen molar-refractivity contribution in [3.8, 4) is 0 Å². The summed E-state index contributed by atoms with van der Waals surface area (Å²) in [5, 5.41) is 32.6. The van der Waals surface area contributed by atoms with E-state index in [9.17, 15) is 25.0 Å². The largest absolute Gasteiger partial charge is 0.350 e. The zero-order valence-corrected chi connectivity index (χ0v) is 16.3. The lowest BCUT2D eigenvalue weighted by Crippen LogP contribution is -2.27. The van der Waals surface area contributed by atoms with Crippen LogP contribution >= 0.6 is 0 Å². The average molecular weight is 413 g/mol. The van der Waals surface area contributed by atoms with Gasteiger partial charge in [0.1, 0.15) is 23.8 Å². The second-order valence-corrected chi connectivity index (χ2v) is 6.61. The number of nitro groups is 2. The van der Waals surface area contributed by atoms with E-state index in [1.54, 1.807) is 32.0 Å². The Morgan fingerprint density at radius 3 is 2.60 bits per heavy atom. The molecule has 12 nitrogen and oxygen atoms in total. The third-order valence-corrected chi connectivity index (χ3v) is 4.50. The molecule has 1 amide bonds. The number of aromatic nitrogens is 4. The molecule has 12 heteroatoms. The highest BCUT2D eigenvalue weighted by Crippen LogP contribution is 2.22. The van der Waals surface area contributed by atoms with Crippen LogP contribution in [-0.4, -0.2) is 41.9 Å². The van der Waals surface area contributed by atoms with Gasteiger partial charge in [0.2, 0.25) is 0 Å². The van der Waals surface area contributed by atoms with Crippen LogP contribution in [0.2, 0.25) is 0 Å². The normalized spacial score (nSPS) is 10.7. The number of amides is 1. The van der Waals surface area contributed by atoms with Gasteiger partial charge in [0.05, 0.1) is 22.9 Å². The Bertz CT molecular complexity index is 1120. The second kappa shape index (κ2) is 8.51. The van der Waals surface area contributed by atoms with Crippen LogP contribution in [0.4, 0.5) is 11.4 Å². The molecule has 1 aromatic carbocycles. The van der Waals surface area contributed by atoms with Crippen molar-refractivity contribution in [2.24, 2.45) is 0 Å².